The number of nitrogens with one attached hydrogen (secondary N) is 1. The lowest BCUT2D eigenvalue weighted by Crippen LogP contribution is -2.50. The van der Waals surface area contributed by atoms with Crippen molar-refractivity contribution in [2.45, 2.75) is 24.8 Å². The SMILES string of the molecule is CCC1SCC(C(=O)O)N1C(=O)NCCOCCN(C)C. The predicted molar refractivity (Wildman–Crippen MR) is 82.6 cm³/mol. The number of carbonyl (C=O) groups is 2. The van der Waals surface area contributed by atoms with Crippen molar-refractivity contribution in [1.82, 2.24) is 15.1 Å². The second kappa shape index (κ2) is 9.11. The average molecular weight is 319 g/mol. The van der Waals surface area contributed by atoms with E-state index in [-0.39, 0.29) is 11.4 Å². The number of hydrogen-bond acceptors (Lipinski definition) is 5. The molecule has 0 bridgehead atoms. The predicted octanol–water partition coefficient (Wildman–Crippen LogP) is 0.512. The van der Waals surface area contributed by atoms with Gasteiger partial charge in [0, 0.05) is 18.8 Å². The van der Waals surface area contributed by atoms with Crippen molar-refractivity contribution in [2.75, 3.05) is 46.2 Å². The van der Waals surface area contributed by atoms with Crippen LogP contribution in [-0.2, 0) is 9.53 Å². The Morgan fingerprint density at radius 1 is 1.43 bits per heavy atom. The standard InChI is InChI=1S/C13H25N3O4S/c1-4-11-16(10(9-21-11)12(17)18)13(19)14-5-7-20-8-6-15(2)3/h10-11H,4-9H2,1-3H3,(H,14,19)(H,17,18). The quantitative estimate of drug-likeness (QED) is 0.635. The molecule has 0 radical (unpaired) electrons. The Bertz CT molecular complexity index is 354. The molecule has 1 aliphatic heterocycles. The number of thioether (sulfide) groups is 1. The Kier molecular flexibility index (Phi) is 7.84. The molecule has 0 saturated carbocycles. The maximum absolute atomic E-state index is 12.1. The van der Waals surface area contributed by atoms with Crippen LogP contribution in [0.1, 0.15) is 13.3 Å². The number of urea groups is 1. The molecule has 2 N–H and O–H groups in total. The molecule has 0 spiro atoms. The van der Waals surface area contributed by atoms with Crippen LogP contribution >= 0.6 is 11.8 Å². The first-order chi connectivity index (χ1) is 9.97. The number of carbonyl (C=O) groups excluding carboxylic acids is 1. The van der Waals surface area contributed by atoms with Gasteiger partial charge in [-0.2, -0.15) is 0 Å². The number of hydrogen-bond donors (Lipinski definition) is 2. The number of nitrogens with zero attached hydrogens (tertiary/aromatic N) is 2. The van der Waals surface area contributed by atoms with Gasteiger partial charge in [-0.25, -0.2) is 9.59 Å². The maximum Gasteiger partial charge on any atom is 0.327 e. The molecule has 0 aliphatic carbocycles. The third-order valence-corrected chi connectivity index (χ3v) is 4.62. The molecule has 8 heteroatoms. The summed E-state index contributed by atoms with van der Waals surface area (Å²) in [7, 11) is 3.93. The molecular weight excluding hydrogens is 294 g/mol. The average Bonchev–Trinajstić information content (AvgIpc) is 2.86. The monoisotopic (exact) mass is 319 g/mol. The highest BCUT2D eigenvalue weighted by molar-refractivity contribution is 8.00. The van der Waals surface area contributed by atoms with E-state index in [2.05, 4.69) is 5.32 Å². The lowest BCUT2D eigenvalue weighted by molar-refractivity contribution is -0.141. The molecule has 2 atom stereocenters. The second-order valence-corrected chi connectivity index (χ2v) is 6.32. The van der Waals surface area contributed by atoms with Gasteiger partial charge in [0.25, 0.3) is 0 Å². The van der Waals surface area contributed by atoms with Crippen LogP contribution in [0.2, 0.25) is 0 Å². The lowest BCUT2D eigenvalue weighted by Gasteiger charge is -2.26. The van der Waals surface area contributed by atoms with Gasteiger partial charge in [-0.1, -0.05) is 6.92 Å². The number of carboxylic acids is 1. The van der Waals surface area contributed by atoms with Crippen molar-refractivity contribution in [3.05, 3.63) is 0 Å². The smallest absolute Gasteiger partial charge is 0.327 e. The Hall–Kier alpha value is -0.990. The summed E-state index contributed by atoms with van der Waals surface area (Å²) in [6.45, 7) is 4.20. The van der Waals surface area contributed by atoms with E-state index >= 15 is 0 Å². The molecular formula is C13H25N3O4S. The molecule has 2 amide bonds. The normalized spacial score (nSPS) is 21.8. The molecule has 1 rings (SSSR count). The first-order valence-corrected chi connectivity index (χ1v) is 8.15. The van der Waals surface area contributed by atoms with Gasteiger partial charge in [-0.05, 0) is 20.5 Å². The minimum Gasteiger partial charge on any atom is -0.480 e. The first kappa shape index (κ1) is 18.1. The third kappa shape index (κ3) is 5.72. The van der Waals surface area contributed by atoms with Crippen molar-refractivity contribution >= 4 is 23.8 Å². The minimum absolute atomic E-state index is 0.0687. The molecule has 7 nitrogen and oxygen atoms in total. The van der Waals surface area contributed by atoms with Crippen LogP contribution in [-0.4, -0.2) is 84.5 Å². The number of ether oxygens (including phenoxy) is 1. The van der Waals surface area contributed by atoms with Crippen molar-refractivity contribution in [1.29, 1.82) is 0 Å². The first-order valence-electron chi connectivity index (χ1n) is 7.10. The van der Waals surface area contributed by atoms with Gasteiger partial charge in [-0.3, -0.25) is 4.90 Å². The summed E-state index contributed by atoms with van der Waals surface area (Å²) in [6.07, 6.45) is 0.737. The summed E-state index contributed by atoms with van der Waals surface area (Å²) in [5.41, 5.74) is 0. The zero-order valence-corrected chi connectivity index (χ0v) is 13.7. The van der Waals surface area contributed by atoms with Crippen LogP contribution in [0.15, 0.2) is 0 Å². The van der Waals surface area contributed by atoms with Gasteiger partial charge in [0.05, 0.1) is 18.6 Å². The second-order valence-electron chi connectivity index (χ2n) is 5.11. The molecule has 1 fully saturated rings. The highest BCUT2D eigenvalue weighted by Gasteiger charge is 2.40. The molecule has 1 saturated heterocycles. The molecule has 0 aromatic rings. The van der Waals surface area contributed by atoms with E-state index in [0.29, 0.717) is 25.5 Å². The largest absolute Gasteiger partial charge is 0.480 e. The molecule has 122 valence electrons. The topological polar surface area (TPSA) is 82.1 Å². The van der Waals surface area contributed by atoms with Gasteiger partial charge in [0.2, 0.25) is 0 Å². The Morgan fingerprint density at radius 3 is 2.71 bits per heavy atom. The number of amides is 2. The van der Waals surface area contributed by atoms with Gasteiger partial charge < -0.3 is 20.1 Å². The fourth-order valence-electron chi connectivity index (χ4n) is 2.01. The van der Waals surface area contributed by atoms with E-state index in [1.165, 1.54) is 16.7 Å². The minimum atomic E-state index is -0.948. The van der Waals surface area contributed by atoms with Crippen molar-refractivity contribution in [3.8, 4) is 0 Å². The van der Waals surface area contributed by atoms with E-state index < -0.39 is 12.0 Å². The van der Waals surface area contributed by atoms with E-state index in [4.69, 9.17) is 4.74 Å². The van der Waals surface area contributed by atoms with Gasteiger partial charge in [0.15, 0.2) is 0 Å². The molecule has 2 unspecified atom stereocenters. The lowest BCUT2D eigenvalue weighted by atomic mass is 10.3. The van der Waals surface area contributed by atoms with Crippen LogP contribution in [0, 0.1) is 0 Å². The highest BCUT2D eigenvalue weighted by Crippen LogP contribution is 2.31. The molecule has 1 heterocycles. The molecule has 0 aromatic carbocycles. The van der Waals surface area contributed by atoms with Crippen LogP contribution in [0.5, 0.6) is 0 Å². The van der Waals surface area contributed by atoms with Crippen LogP contribution in [0.3, 0.4) is 0 Å². The molecule has 21 heavy (non-hydrogen) atoms. The van der Waals surface area contributed by atoms with Crippen molar-refractivity contribution < 1.29 is 19.4 Å². The van der Waals surface area contributed by atoms with Crippen molar-refractivity contribution in [3.63, 3.8) is 0 Å². The van der Waals surface area contributed by atoms with E-state index in [1.807, 2.05) is 25.9 Å². The Balaban J connectivity index is 2.33. The zero-order valence-electron chi connectivity index (χ0n) is 12.9. The number of likely N-dealkylation sites (N-methyl/N-ethyl adjacent to an activating group) is 1. The van der Waals surface area contributed by atoms with Crippen LogP contribution < -0.4 is 5.32 Å². The third-order valence-electron chi connectivity index (χ3n) is 3.17. The summed E-state index contributed by atoms with van der Waals surface area (Å²) in [5.74, 6) is -0.503. The fraction of sp³-hybridized carbons (Fsp3) is 0.846. The van der Waals surface area contributed by atoms with Gasteiger partial charge in [0.1, 0.15) is 6.04 Å². The summed E-state index contributed by atoms with van der Waals surface area (Å²) in [6, 6.07) is -1.06. The Morgan fingerprint density at radius 2 is 2.14 bits per heavy atom. The Labute approximate surface area is 130 Å². The van der Waals surface area contributed by atoms with Gasteiger partial charge in [-0.15, -0.1) is 11.8 Å². The van der Waals surface area contributed by atoms with E-state index in [1.54, 1.807) is 0 Å². The number of rotatable bonds is 8. The summed E-state index contributed by atoms with van der Waals surface area (Å²) < 4.78 is 5.39. The molecule has 1 aliphatic rings. The van der Waals surface area contributed by atoms with Crippen molar-refractivity contribution in [2.24, 2.45) is 0 Å². The van der Waals surface area contributed by atoms with E-state index in [0.717, 1.165) is 13.0 Å². The summed E-state index contributed by atoms with van der Waals surface area (Å²) >= 11 is 1.51. The summed E-state index contributed by atoms with van der Waals surface area (Å²) in [4.78, 5) is 26.8. The highest BCUT2D eigenvalue weighted by atomic mass is 32.2. The maximum atomic E-state index is 12.1. The van der Waals surface area contributed by atoms with Crippen LogP contribution in [0.4, 0.5) is 4.79 Å². The molecule has 0 aromatic heterocycles. The zero-order chi connectivity index (χ0) is 15.8. The van der Waals surface area contributed by atoms with Gasteiger partial charge >= 0.3 is 12.0 Å². The summed E-state index contributed by atoms with van der Waals surface area (Å²) in [5, 5.41) is 11.8. The number of aliphatic carboxylic acids is 1. The van der Waals surface area contributed by atoms with Crippen LogP contribution in [0.25, 0.3) is 0 Å². The fourth-order valence-corrected chi connectivity index (χ4v) is 3.36. The number of carboxylic acid groups (broad SMARTS) is 1. The van der Waals surface area contributed by atoms with E-state index in [9.17, 15) is 14.7 Å².